The lowest BCUT2D eigenvalue weighted by atomic mass is 10.0. The molecule has 1 saturated heterocycles. The van der Waals surface area contributed by atoms with Crippen LogP contribution in [0.3, 0.4) is 0 Å². The number of hydrogen-bond donors (Lipinski definition) is 1. The van der Waals surface area contributed by atoms with E-state index in [4.69, 9.17) is 0 Å². The molecule has 0 unspecified atom stereocenters. The lowest BCUT2D eigenvalue weighted by Crippen LogP contribution is -2.52. The smallest absolute Gasteiger partial charge is 0.258 e. The molecule has 104 valence electrons. The third-order valence-corrected chi connectivity index (χ3v) is 3.82. The van der Waals surface area contributed by atoms with E-state index in [-0.39, 0.29) is 30.9 Å². The summed E-state index contributed by atoms with van der Waals surface area (Å²) in [6.45, 7) is 1.80. The summed E-state index contributed by atoms with van der Waals surface area (Å²) in [5.41, 5.74) is 1.04. The standard InChI is InChI=1S/C14H13FN2O3/c1-7-2-3-8-6-17(14(20)11(8)12(7)15)9-4-5-10(18)16-13(9)19/h2-3,9H,4-6H2,1H3,(H,16,18,19)/t9-/m0/s1. The van der Waals surface area contributed by atoms with Gasteiger partial charge in [0, 0.05) is 13.0 Å². The molecule has 3 rings (SSSR count). The number of nitrogens with zero attached hydrogens (tertiary/aromatic N) is 1. The Bertz CT molecular complexity index is 642. The molecule has 0 spiro atoms. The van der Waals surface area contributed by atoms with Crippen molar-refractivity contribution >= 4 is 17.7 Å². The zero-order valence-electron chi connectivity index (χ0n) is 10.9. The van der Waals surface area contributed by atoms with Crippen molar-refractivity contribution < 1.29 is 18.8 Å². The molecule has 1 aromatic carbocycles. The number of rotatable bonds is 1. The molecule has 3 amide bonds. The number of carbonyl (C=O) groups excluding carboxylic acids is 3. The van der Waals surface area contributed by atoms with Crippen LogP contribution in [0.15, 0.2) is 12.1 Å². The summed E-state index contributed by atoms with van der Waals surface area (Å²) in [5, 5.41) is 2.21. The molecule has 2 aliphatic rings. The van der Waals surface area contributed by atoms with Crippen LogP contribution in [0, 0.1) is 12.7 Å². The predicted octanol–water partition coefficient (Wildman–Crippen LogP) is 0.895. The Kier molecular flexibility index (Phi) is 2.81. The Morgan fingerprint density at radius 3 is 2.75 bits per heavy atom. The van der Waals surface area contributed by atoms with Crippen LogP contribution in [-0.4, -0.2) is 28.7 Å². The molecule has 0 saturated carbocycles. The van der Waals surface area contributed by atoms with Crippen molar-refractivity contribution in [1.29, 1.82) is 0 Å². The highest BCUT2D eigenvalue weighted by atomic mass is 19.1. The molecular weight excluding hydrogens is 263 g/mol. The highest BCUT2D eigenvalue weighted by molar-refractivity contribution is 6.05. The molecule has 0 bridgehead atoms. The van der Waals surface area contributed by atoms with Crippen LogP contribution in [0.25, 0.3) is 0 Å². The normalized spacial score (nSPS) is 22.0. The molecular formula is C14H13FN2O3. The van der Waals surface area contributed by atoms with E-state index in [9.17, 15) is 18.8 Å². The van der Waals surface area contributed by atoms with Gasteiger partial charge in [-0.2, -0.15) is 0 Å². The van der Waals surface area contributed by atoms with Gasteiger partial charge in [-0.05, 0) is 24.5 Å². The fourth-order valence-electron chi connectivity index (χ4n) is 2.71. The lowest BCUT2D eigenvalue weighted by molar-refractivity contribution is -0.136. The van der Waals surface area contributed by atoms with E-state index in [2.05, 4.69) is 5.32 Å². The van der Waals surface area contributed by atoms with Crippen LogP contribution in [0.1, 0.15) is 34.3 Å². The van der Waals surface area contributed by atoms with Gasteiger partial charge in [-0.15, -0.1) is 0 Å². The Morgan fingerprint density at radius 1 is 1.30 bits per heavy atom. The third kappa shape index (κ3) is 1.79. The lowest BCUT2D eigenvalue weighted by Gasteiger charge is -2.29. The van der Waals surface area contributed by atoms with Crippen LogP contribution in [-0.2, 0) is 16.1 Å². The quantitative estimate of drug-likeness (QED) is 0.775. The molecule has 1 aromatic rings. The maximum atomic E-state index is 14.1. The van der Waals surface area contributed by atoms with Gasteiger partial charge in [0.25, 0.3) is 5.91 Å². The van der Waals surface area contributed by atoms with Crippen LogP contribution in [0.2, 0.25) is 0 Å². The van der Waals surface area contributed by atoms with Crippen molar-refractivity contribution in [2.45, 2.75) is 32.4 Å². The Labute approximate surface area is 114 Å². The monoisotopic (exact) mass is 276 g/mol. The Balaban J connectivity index is 1.93. The topological polar surface area (TPSA) is 66.5 Å². The van der Waals surface area contributed by atoms with E-state index in [0.29, 0.717) is 11.1 Å². The summed E-state index contributed by atoms with van der Waals surface area (Å²) in [7, 11) is 0. The van der Waals surface area contributed by atoms with Crippen LogP contribution < -0.4 is 5.32 Å². The average molecular weight is 276 g/mol. The van der Waals surface area contributed by atoms with Gasteiger partial charge in [-0.1, -0.05) is 12.1 Å². The van der Waals surface area contributed by atoms with Gasteiger partial charge in [-0.3, -0.25) is 19.7 Å². The van der Waals surface area contributed by atoms with E-state index < -0.39 is 23.7 Å². The average Bonchev–Trinajstić information content (AvgIpc) is 2.72. The zero-order chi connectivity index (χ0) is 14.4. The van der Waals surface area contributed by atoms with Crippen molar-refractivity contribution in [3.63, 3.8) is 0 Å². The first-order valence-electron chi connectivity index (χ1n) is 6.41. The van der Waals surface area contributed by atoms with E-state index in [0.717, 1.165) is 0 Å². The molecule has 20 heavy (non-hydrogen) atoms. The summed E-state index contributed by atoms with van der Waals surface area (Å²) in [6.07, 6.45) is 0.475. The van der Waals surface area contributed by atoms with Crippen LogP contribution in [0.4, 0.5) is 4.39 Å². The molecule has 1 fully saturated rings. The minimum atomic E-state index is -0.702. The first-order chi connectivity index (χ1) is 9.49. The summed E-state index contributed by atoms with van der Waals surface area (Å²) >= 11 is 0. The van der Waals surface area contributed by atoms with Gasteiger partial charge in [-0.25, -0.2) is 4.39 Å². The van der Waals surface area contributed by atoms with E-state index in [1.54, 1.807) is 19.1 Å². The number of piperidine rings is 1. The van der Waals surface area contributed by atoms with E-state index in [1.807, 2.05) is 0 Å². The van der Waals surface area contributed by atoms with Crippen molar-refractivity contribution in [2.24, 2.45) is 0 Å². The van der Waals surface area contributed by atoms with Crippen molar-refractivity contribution in [2.75, 3.05) is 0 Å². The molecule has 1 atom stereocenters. The fraction of sp³-hybridized carbons (Fsp3) is 0.357. The molecule has 1 N–H and O–H groups in total. The zero-order valence-corrected chi connectivity index (χ0v) is 10.9. The largest absolute Gasteiger partial charge is 0.322 e. The molecule has 5 nitrogen and oxygen atoms in total. The Morgan fingerprint density at radius 2 is 2.05 bits per heavy atom. The van der Waals surface area contributed by atoms with Crippen molar-refractivity contribution in [1.82, 2.24) is 10.2 Å². The number of fused-ring (bicyclic) bond motifs is 1. The highest BCUT2D eigenvalue weighted by Crippen LogP contribution is 2.30. The maximum absolute atomic E-state index is 14.1. The van der Waals surface area contributed by atoms with Crippen LogP contribution >= 0.6 is 0 Å². The summed E-state index contributed by atoms with van der Waals surface area (Å²) in [6, 6.07) is 2.62. The number of benzene rings is 1. The number of hydrogen-bond acceptors (Lipinski definition) is 3. The summed E-state index contributed by atoms with van der Waals surface area (Å²) in [5.74, 6) is -1.82. The molecule has 0 aliphatic carbocycles. The number of halogens is 1. The maximum Gasteiger partial charge on any atom is 0.258 e. The number of amides is 3. The molecule has 0 aromatic heterocycles. The van der Waals surface area contributed by atoms with Gasteiger partial charge in [0.1, 0.15) is 11.9 Å². The number of nitrogens with one attached hydrogen (secondary N) is 1. The van der Waals surface area contributed by atoms with E-state index >= 15 is 0 Å². The first-order valence-corrected chi connectivity index (χ1v) is 6.41. The van der Waals surface area contributed by atoms with E-state index in [1.165, 1.54) is 4.90 Å². The van der Waals surface area contributed by atoms with Crippen molar-refractivity contribution in [3.05, 3.63) is 34.6 Å². The number of carbonyl (C=O) groups is 3. The van der Waals surface area contributed by atoms with Gasteiger partial charge in [0.05, 0.1) is 5.56 Å². The first kappa shape index (κ1) is 12.8. The second-order valence-electron chi connectivity index (χ2n) is 5.13. The Hall–Kier alpha value is -2.24. The van der Waals surface area contributed by atoms with Gasteiger partial charge < -0.3 is 4.90 Å². The predicted molar refractivity (Wildman–Crippen MR) is 67.2 cm³/mol. The third-order valence-electron chi connectivity index (χ3n) is 3.82. The van der Waals surface area contributed by atoms with Gasteiger partial charge >= 0.3 is 0 Å². The molecule has 2 heterocycles. The SMILES string of the molecule is Cc1ccc2c(c1F)C(=O)N([C@H]1CCC(=O)NC1=O)C2. The number of imide groups is 1. The van der Waals surface area contributed by atoms with Gasteiger partial charge in [0.2, 0.25) is 11.8 Å². The second-order valence-corrected chi connectivity index (χ2v) is 5.13. The summed E-state index contributed by atoms with van der Waals surface area (Å²) in [4.78, 5) is 36.6. The van der Waals surface area contributed by atoms with Gasteiger partial charge in [0.15, 0.2) is 0 Å². The number of aryl methyl sites for hydroxylation is 1. The van der Waals surface area contributed by atoms with Crippen molar-refractivity contribution in [3.8, 4) is 0 Å². The fourth-order valence-corrected chi connectivity index (χ4v) is 2.71. The summed E-state index contributed by atoms with van der Waals surface area (Å²) < 4.78 is 14.1. The molecule has 2 aliphatic heterocycles. The molecule has 0 radical (unpaired) electrons. The molecule has 6 heteroatoms. The minimum Gasteiger partial charge on any atom is -0.322 e. The van der Waals surface area contributed by atoms with Crippen LogP contribution in [0.5, 0.6) is 0 Å². The minimum absolute atomic E-state index is 0.0506. The second kappa shape index (κ2) is 4.40. The highest BCUT2D eigenvalue weighted by Gasteiger charge is 2.40.